The Balaban J connectivity index is 1.78. The highest BCUT2D eigenvalue weighted by molar-refractivity contribution is 6.09. The molecule has 3 aromatic carbocycles. The van der Waals surface area contributed by atoms with Crippen LogP contribution in [0, 0.1) is 6.92 Å². The summed E-state index contributed by atoms with van der Waals surface area (Å²) in [6.07, 6.45) is 2.18. The lowest BCUT2D eigenvalue weighted by Crippen LogP contribution is -2.32. The minimum absolute atomic E-state index is 0.112. The van der Waals surface area contributed by atoms with E-state index in [0.717, 1.165) is 0 Å². The molecule has 2 heterocycles. The van der Waals surface area contributed by atoms with Crippen LogP contribution in [0.25, 0.3) is 38.8 Å². The maximum absolute atomic E-state index is 2.39. The van der Waals surface area contributed by atoms with Gasteiger partial charge in [-0.05, 0) is 47.7 Å². The second-order valence-corrected chi connectivity index (χ2v) is 9.53. The predicted octanol–water partition coefficient (Wildman–Crippen LogP) is 6.88. The molecule has 0 saturated heterocycles. The molecule has 0 fully saturated rings. The quantitative estimate of drug-likeness (QED) is 0.283. The topological polar surface area (TPSA) is 8.81 Å². The zero-order valence-corrected chi connectivity index (χ0v) is 19.0. The van der Waals surface area contributed by atoms with Crippen molar-refractivity contribution in [3.05, 3.63) is 96.2 Å². The highest BCUT2D eigenvalue weighted by Gasteiger charge is 2.21. The zero-order valence-electron chi connectivity index (χ0n) is 19.0. The molecular weight excluding hydrogens is 376 g/mol. The van der Waals surface area contributed by atoms with Crippen LogP contribution in [0.1, 0.15) is 31.9 Å². The average Bonchev–Trinajstić information content (AvgIpc) is 3.08. The molecule has 31 heavy (non-hydrogen) atoms. The third-order valence-electron chi connectivity index (χ3n) is 6.35. The Morgan fingerprint density at radius 2 is 1.35 bits per heavy atom. The molecule has 2 nitrogen and oxygen atoms in total. The summed E-state index contributed by atoms with van der Waals surface area (Å²) < 4.78 is 4.62. The van der Waals surface area contributed by atoms with Crippen LogP contribution in [-0.2, 0) is 12.5 Å². The van der Waals surface area contributed by atoms with Crippen molar-refractivity contribution >= 4 is 21.8 Å². The van der Waals surface area contributed by atoms with E-state index in [1.165, 1.54) is 49.9 Å². The molecule has 0 radical (unpaired) electrons. The molecule has 0 amide bonds. The summed E-state index contributed by atoms with van der Waals surface area (Å²) in [6, 6.07) is 28.8. The lowest BCUT2D eigenvalue weighted by atomic mass is 9.86. The zero-order chi connectivity index (χ0) is 21.8. The van der Waals surface area contributed by atoms with Gasteiger partial charge in [-0.15, -0.1) is 0 Å². The minimum atomic E-state index is 0.112. The first-order valence-corrected chi connectivity index (χ1v) is 10.9. The Kier molecular flexibility index (Phi) is 4.48. The van der Waals surface area contributed by atoms with Gasteiger partial charge in [0.05, 0.1) is 16.6 Å². The number of pyridine rings is 1. The van der Waals surface area contributed by atoms with Crippen molar-refractivity contribution < 1.29 is 4.57 Å². The summed E-state index contributed by atoms with van der Waals surface area (Å²) in [5.74, 6) is 0. The van der Waals surface area contributed by atoms with Crippen molar-refractivity contribution in [2.24, 2.45) is 7.05 Å². The van der Waals surface area contributed by atoms with Crippen molar-refractivity contribution in [3.8, 4) is 16.9 Å². The molecule has 2 heteroatoms. The van der Waals surface area contributed by atoms with Crippen LogP contribution in [0.3, 0.4) is 0 Å². The van der Waals surface area contributed by atoms with E-state index in [2.05, 4.69) is 129 Å². The van der Waals surface area contributed by atoms with Crippen LogP contribution in [-0.4, -0.2) is 4.57 Å². The lowest BCUT2D eigenvalue weighted by molar-refractivity contribution is -0.660. The smallest absolute Gasteiger partial charge is 0.212 e. The first-order valence-electron chi connectivity index (χ1n) is 10.9. The molecule has 2 aromatic heterocycles. The van der Waals surface area contributed by atoms with E-state index >= 15 is 0 Å². The molecule has 0 atom stereocenters. The van der Waals surface area contributed by atoms with Gasteiger partial charge in [-0.2, -0.15) is 0 Å². The molecule has 0 aliphatic carbocycles. The second-order valence-electron chi connectivity index (χ2n) is 9.53. The van der Waals surface area contributed by atoms with Crippen molar-refractivity contribution in [2.75, 3.05) is 0 Å². The Morgan fingerprint density at radius 1 is 0.742 bits per heavy atom. The maximum atomic E-state index is 2.39. The van der Waals surface area contributed by atoms with Crippen LogP contribution in [0.4, 0.5) is 0 Å². The van der Waals surface area contributed by atoms with Crippen LogP contribution >= 0.6 is 0 Å². The van der Waals surface area contributed by atoms with Crippen LogP contribution in [0.2, 0.25) is 0 Å². The van der Waals surface area contributed by atoms with E-state index in [1.54, 1.807) is 0 Å². The summed E-state index contributed by atoms with van der Waals surface area (Å²) >= 11 is 0. The number of rotatable bonds is 2. The summed E-state index contributed by atoms with van der Waals surface area (Å²) in [4.78, 5) is 0. The van der Waals surface area contributed by atoms with Crippen LogP contribution in [0.15, 0.2) is 85.1 Å². The van der Waals surface area contributed by atoms with Gasteiger partial charge in [0.1, 0.15) is 7.05 Å². The fraction of sp³-hybridized carbons (Fsp3) is 0.207. The number of aromatic nitrogens is 2. The van der Waals surface area contributed by atoms with E-state index in [4.69, 9.17) is 0 Å². The average molecular weight is 406 g/mol. The van der Waals surface area contributed by atoms with Gasteiger partial charge in [0.2, 0.25) is 5.69 Å². The molecule has 0 N–H and O–H groups in total. The fourth-order valence-electron chi connectivity index (χ4n) is 4.53. The molecule has 0 bridgehead atoms. The summed E-state index contributed by atoms with van der Waals surface area (Å²) in [5, 5.41) is 2.58. The first kappa shape index (κ1) is 19.6. The second kappa shape index (κ2) is 7.09. The predicted molar refractivity (Wildman–Crippen MR) is 131 cm³/mol. The third-order valence-corrected chi connectivity index (χ3v) is 6.35. The number of hydrogen-bond acceptors (Lipinski definition) is 0. The van der Waals surface area contributed by atoms with Crippen molar-refractivity contribution in [1.82, 2.24) is 4.57 Å². The fourth-order valence-corrected chi connectivity index (χ4v) is 4.53. The molecule has 154 valence electrons. The molecule has 0 aliphatic rings. The van der Waals surface area contributed by atoms with Crippen molar-refractivity contribution in [3.63, 3.8) is 0 Å². The minimum Gasteiger partial charge on any atom is -0.309 e. The Morgan fingerprint density at radius 3 is 1.97 bits per heavy atom. The number of aryl methyl sites for hydroxylation is 2. The van der Waals surface area contributed by atoms with Crippen molar-refractivity contribution in [1.29, 1.82) is 0 Å². The van der Waals surface area contributed by atoms with Gasteiger partial charge in [-0.1, -0.05) is 63.2 Å². The van der Waals surface area contributed by atoms with E-state index in [0.29, 0.717) is 0 Å². The van der Waals surface area contributed by atoms with Gasteiger partial charge in [0.15, 0.2) is 6.20 Å². The molecule has 0 spiro atoms. The number of nitrogens with zero attached hydrogens (tertiary/aromatic N) is 2. The van der Waals surface area contributed by atoms with Gasteiger partial charge in [-0.25, -0.2) is 4.57 Å². The molecule has 0 aliphatic heterocycles. The van der Waals surface area contributed by atoms with Gasteiger partial charge in [-0.3, -0.25) is 0 Å². The number of fused-ring (bicyclic) bond motifs is 3. The van der Waals surface area contributed by atoms with Gasteiger partial charge in [0, 0.05) is 28.6 Å². The Hall–Kier alpha value is -3.39. The number of benzene rings is 3. The molecule has 0 unspecified atom stereocenters. The van der Waals surface area contributed by atoms with E-state index in [1.807, 2.05) is 0 Å². The van der Waals surface area contributed by atoms with Gasteiger partial charge >= 0.3 is 0 Å². The lowest BCUT2D eigenvalue weighted by Gasteiger charge is -2.19. The van der Waals surface area contributed by atoms with Gasteiger partial charge < -0.3 is 4.57 Å². The van der Waals surface area contributed by atoms with E-state index < -0.39 is 0 Å². The van der Waals surface area contributed by atoms with Crippen LogP contribution in [0.5, 0.6) is 0 Å². The highest BCUT2D eigenvalue weighted by Crippen LogP contribution is 2.34. The molecule has 0 saturated carbocycles. The maximum Gasteiger partial charge on any atom is 0.212 e. The first-order chi connectivity index (χ1) is 14.8. The summed E-state index contributed by atoms with van der Waals surface area (Å²) in [5.41, 5.74) is 8.94. The Bertz CT molecular complexity index is 1380. The third kappa shape index (κ3) is 3.23. The number of para-hydroxylation sites is 2. The molecule has 5 rings (SSSR count). The largest absolute Gasteiger partial charge is 0.309 e. The monoisotopic (exact) mass is 405 g/mol. The van der Waals surface area contributed by atoms with Crippen molar-refractivity contribution in [2.45, 2.75) is 33.1 Å². The standard InChI is InChI=1S/C29H29N2/c1-20-14-15-22(19-25(20)28-18-21(29(2,3)4)16-17-30(28)5)31-26-12-8-6-10-23(26)24-11-7-9-13-27(24)31/h6-19H,1-5H3/q+1. The summed E-state index contributed by atoms with van der Waals surface area (Å²) in [7, 11) is 2.13. The van der Waals surface area contributed by atoms with Gasteiger partial charge in [0.25, 0.3) is 0 Å². The van der Waals surface area contributed by atoms with Crippen LogP contribution < -0.4 is 4.57 Å². The summed E-state index contributed by atoms with van der Waals surface area (Å²) in [6.45, 7) is 9.02. The molecule has 5 aromatic rings. The molecular formula is C29H29N2+. The highest BCUT2D eigenvalue weighted by atomic mass is 15.0. The SMILES string of the molecule is Cc1ccc(-n2c3ccccc3c3ccccc32)cc1-c1cc(C(C)(C)C)cc[n+]1C. The number of hydrogen-bond donors (Lipinski definition) is 0. The normalized spacial score (nSPS) is 12.0. The van der Waals surface area contributed by atoms with E-state index in [-0.39, 0.29) is 5.41 Å². The Labute approximate surface area is 184 Å². The van der Waals surface area contributed by atoms with E-state index in [9.17, 15) is 0 Å².